The Morgan fingerprint density at radius 1 is 1.15 bits per heavy atom. The van der Waals surface area contributed by atoms with Gasteiger partial charge in [-0.1, -0.05) is 11.6 Å². The average Bonchev–Trinajstić information content (AvgIpc) is 3.17. The molecule has 27 heavy (non-hydrogen) atoms. The van der Waals surface area contributed by atoms with E-state index >= 15 is 0 Å². The van der Waals surface area contributed by atoms with Gasteiger partial charge < -0.3 is 15.3 Å². The number of carbonyl (C=O) groups excluding carboxylic acids is 1. The van der Waals surface area contributed by atoms with Crippen LogP contribution in [-0.2, 0) is 11.3 Å². The van der Waals surface area contributed by atoms with Gasteiger partial charge in [-0.15, -0.1) is 0 Å². The molecule has 0 spiro atoms. The summed E-state index contributed by atoms with van der Waals surface area (Å²) in [5.74, 6) is 0.261. The maximum absolute atomic E-state index is 12.5. The second-order valence-electron chi connectivity index (χ2n) is 5.83. The minimum absolute atomic E-state index is 0.0189. The van der Waals surface area contributed by atoms with Crippen molar-refractivity contribution >= 4 is 46.4 Å². The topological polar surface area (TPSA) is 111 Å². The number of nitrogens with zero attached hydrogens (tertiary/aromatic N) is 2. The standard InChI is InChI=1S/C17H13ClN6O2S/c18-10-3-1-9(2-4-10)15-22-23-17(27)24(15)8-14(25)19-11-5-6-12-13(7-11)21-16(26)20-12/h1-7H,8H2,(H,19,25)(H,23,27)(H2,20,21,26). The molecule has 0 aliphatic heterocycles. The van der Waals surface area contributed by atoms with Crippen molar-refractivity contribution in [3.63, 3.8) is 0 Å². The van der Waals surface area contributed by atoms with Gasteiger partial charge in [-0.2, -0.15) is 5.10 Å². The largest absolute Gasteiger partial charge is 0.324 e. The highest BCUT2D eigenvalue weighted by atomic mass is 35.5. The molecule has 2 aromatic carbocycles. The number of fused-ring (bicyclic) bond motifs is 1. The minimum atomic E-state index is -0.300. The van der Waals surface area contributed by atoms with E-state index in [4.69, 9.17) is 23.8 Å². The number of carbonyl (C=O) groups is 1. The van der Waals surface area contributed by atoms with Gasteiger partial charge in [0, 0.05) is 16.3 Å². The first kappa shape index (κ1) is 17.3. The number of imidazole rings is 1. The third-order valence-electron chi connectivity index (χ3n) is 3.96. The number of H-pyrrole nitrogens is 3. The Morgan fingerprint density at radius 3 is 2.67 bits per heavy atom. The maximum Gasteiger partial charge on any atom is 0.323 e. The van der Waals surface area contributed by atoms with Gasteiger partial charge in [0.2, 0.25) is 5.91 Å². The van der Waals surface area contributed by atoms with Crippen molar-refractivity contribution in [1.29, 1.82) is 0 Å². The van der Waals surface area contributed by atoms with Gasteiger partial charge in [0.05, 0.1) is 11.0 Å². The van der Waals surface area contributed by atoms with E-state index in [1.165, 1.54) is 0 Å². The first-order chi connectivity index (χ1) is 13.0. The van der Waals surface area contributed by atoms with Crippen molar-refractivity contribution in [3.05, 3.63) is 62.7 Å². The monoisotopic (exact) mass is 400 g/mol. The fourth-order valence-corrected chi connectivity index (χ4v) is 3.06. The van der Waals surface area contributed by atoms with Crippen molar-refractivity contribution in [2.45, 2.75) is 6.54 Å². The Balaban J connectivity index is 1.57. The van der Waals surface area contributed by atoms with E-state index in [0.717, 1.165) is 5.56 Å². The highest BCUT2D eigenvalue weighted by Crippen LogP contribution is 2.20. The molecule has 0 fully saturated rings. The van der Waals surface area contributed by atoms with E-state index in [2.05, 4.69) is 25.5 Å². The number of rotatable bonds is 4. The number of benzene rings is 2. The average molecular weight is 401 g/mol. The highest BCUT2D eigenvalue weighted by Gasteiger charge is 2.13. The summed E-state index contributed by atoms with van der Waals surface area (Å²) in [6.45, 7) is -0.0189. The second kappa shape index (κ2) is 6.86. The molecular weight excluding hydrogens is 388 g/mol. The minimum Gasteiger partial charge on any atom is -0.324 e. The SMILES string of the molecule is O=C(Cn1c(-c2ccc(Cl)cc2)n[nH]c1=S)Nc1ccc2[nH]c(=O)[nH]c2c1. The predicted octanol–water partition coefficient (Wildman–Crippen LogP) is 3.07. The number of aromatic nitrogens is 5. The van der Waals surface area contributed by atoms with E-state index in [1.807, 2.05) is 0 Å². The molecule has 10 heteroatoms. The molecule has 0 saturated carbocycles. The Labute approximate surface area is 162 Å². The van der Waals surface area contributed by atoms with Crippen LogP contribution in [0.2, 0.25) is 5.02 Å². The maximum atomic E-state index is 12.5. The van der Waals surface area contributed by atoms with Gasteiger partial charge in [-0.3, -0.25) is 14.5 Å². The summed E-state index contributed by atoms with van der Waals surface area (Å²) in [5.41, 5.74) is 2.32. The van der Waals surface area contributed by atoms with Crippen molar-refractivity contribution < 1.29 is 4.79 Å². The van der Waals surface area contributed by atoms with Crippen LogP contribution in [0, 0.1) is 4.77 Å². The molecule has 8 nitrogen and oxygen atoms in total. The first-order valence-corrected chi connectivity index (χ1v) is 8.71. The van der Waals surface area contributed by atoms with Crippen molar-refractivity contribution in [3.8, 4) is 11.4 Å². The molecule has 4 aromatic rings. The zero-order valence-corrected chi connectivity index (χ0v) is 15.3. The molecule has 2 aromatic heterocycles. The molecule has 136 valence electrons. The molecule has 4 N–H and O–H groups in total. The number of aromatic amines is 3. The fraction of sp³-hybridized carbons (Fsp3) is 0.0588. The van der Waals surface area contributed by atoms with Gasteiger partial charge >= 0.3 is 5.69 Å². The Hall–Kier alpha value is -3.17. The van der Waals surface area contributed by atoms with E-state index in [1.54, 1.807) is 47.0 Å². The molecule has 0 bridgehead atoms. The van der Waals surface area contributed by atoms with Gasteiger partial charge in [0.1, 0.15) is 6.54 Å². The summed E-state index contributed by atoms with van der Waals surface area (Å²) >= 11 is 11.2. The van der Waals surface area contributed by atoms with Crippen molar-refractivity contribution in [2.75, 3.05) is 5.32 Å². The first-order valence-electron chi connectivity index (χ1n) is 7.92. The summed E-state index contributed by atoms with van der Waals surface area (Å²) < 4.78 is 1.94. The molecule has 0 aliphatic carbocycles. The Bertz CT molecular complexity index is 1250. The third-order valence-corrected chi connectivity index (χ3v) is 4.53. The summed E-state index contributed by atoms with van der Waals surface area (Å²) in [7, 11) is 0. The lowest BCUT2D eigenvalue weighted by atomic mass is 10.2. The van der Waals surface area contributed by atoms with Gasteiger partial charge in [0.25, 0.3) is 0 Å². The summed E-state index contributed by atoms with van der Waals surface area (Å²) in [5, 5.41) is 10.3. The predicted molar refractivity (Wildman–Crippen MR) is 105 cm³/mol. The number of hydrogen-bond donors (Lipinski definition) is 4. The molecule has 0 unspecified atom stereocenters. The molecule has 4 rings (SSSR count). The number of hydrogen-bond acceptors (Lipinski definition) is 4. The Morgan fingerprint density at radius 2 is 1.89 bits per heavy atom. The van der Waals surface area contributed by atoms with E-state index in [9.17, 15) is 9.59 Å². The van der Waals surface area contributed by atoms with Crippen molar-refractivity contribution in [2.24, 2.45) is 0 Å². The zero-order chi connectivity index (χ0) is 19.0. The molecule has 0 radical (unpaired) electrons. The zero-order valence-electron chi connectivity index (χ0n) is 13.7. The second-order valence-corrected chi connectivity index (χ2v) is 6.66. The van der Waals surface area contributed by atoms with Crippen LogP contribution < -0.4 is 11.0 Å². The van der Waals surface area contributed by atoms with Crippen LogP contribution in [0.15, 0.2) is 47.3 Å². The van der Waals surface area contributed by atoms with Crippen LogP contribution in [0.3, 0.4) is 0 Å². The molecule has 1 amide bonds. The number of amides is 1. The number of anilines is 1. The quantitative estimate of drug-likeness (QED) is 0.394. The molecule has 0 aliphatic rings. The third kappa shape index (κ3) is 3.55. The van der Waals surface area contributed by atoms with Crippen molar-refractivity contribution in [1.82, 2.24) is 24.7 Å². The van der Waals surface area contributed by atoms with Gasteiger partial charge in [0.15, 0.2) is 10.6 Å². The Kier molecular flexibility index (Phi) is 4.38. The molecule has 0 atom stereocenters. The van der Waals surface area contributed by atoms with Crippen LogP contribution in [0.25, 0.3) is 22.4 Å². The molecular formula is C17H13ClN6O2S. The van der Waals surface area contributed by atoms with Crippen LogP contribution >= 0.6 is 23.8 Å². The van der Waals surface area contributed by atoms with Gasteiger partial charge in [-0.25, -0.2) is 4.79 Å². The molecule has 0 saturated heterocycles. The van der Waals surface area contributed by atoms with Crippen LogP contribution in [0.5, 0.6) is 0 Å². The van der Waals surface area contributed by atoms with E-state index < -0.39 is 0 Å². The van der Waals surface area contributed by atoms with Crippen LogP contribution in [-0.4, -0.2) is 30.6 Å². The smallest absolute Gasteiger partial charge is 0.323 e. The van der Waals surface area contributed by atoms with Crippen LogP contribution in [0.4, 0.5) is 5.69 Å². The summed E-state index contributed by atoms with van der Waals surface area (Å²) in [6.07, 6.45) is 0. The van der Waals surface area contributed by atoms with Gasteiger partial charge in [-0.05, 0) is 54.7 Å². The molecule has 2 heterocycles. The number of nitrogens with one attached hydrogen (secondary N) is 4. The van der Waals surface area contributed by atoms with E-state index in [-0.39, 0.29) is 18.1 Å². The highest BCUT2D eigenvalue weighted by molar-refractivity contribution is 7.71. The summed E-state index contributed by atoms with van der Waals surface area (Å²) in [6, 6.07) is 12.2. The lowest BCUT2D eigenvalue weighted by molar-refractivity contribution is -0.116. The summed E-state index contributed by atoms with van der Waals surface area (Å²) in [4.78, 5) is 29.1. The normalized spacial score (nSPS) is 11.0. The fourth-order valence-electron chi connectivity index (χ4n) is 2.74. The lowest BCUT2D eigenvalue weighted by Crippen LogP contribution is -2.19. The van der Waals surface area contributed by atoms with Crippen LogP contribution in [0.1, 0.15) is 0 Å². The lowest BCUT2D eigenvalue weighted by Gasteiger charge is -2.08. The number of halogens is 1. The van der Waals surface area contributed by atoms with E-state index in [0.29, 0.717) is 32.3 Å².